The van der Waals surface area contributed by atoms with Gasteiger partial charge in [-0.2, -0.15) is 13.2 Å². The van der Waals surface area contributed by atoms with Crippen LogP contribution in [-0.2, 0) is 4.79 Å². The molecule has 1 rings (SSSR count). The molecule has 0 bridgehead atoms. The summed E-state index contributed by atoms with van der Waals surface area (Å²) in [6.45, 7) is 0.703. The lowest BCUT2D eigenvalue weighted by atomic mass is 10.0. The van der Waals surface area contributed by atoms with Crippen molar-refractivity contribution in [1.82, 2.24) is 4.90 Å². The smallest absolute Gasteiger partial charge is 0.380 e. The van der Waals surface area contributed by atoms with E-state index < -0.39 is 12.0 Å². The molecular formula is C8H10F3NO. The van der Waals surface area contributed by atoms with Crippen LogP contribution in [-0.4, -0.2) is 30.5 Å². The van der Waals surface area contributed by atoms with E-state index in [1.165, 1.54) is 6.20 Å². The Bertz CT molecular complexity index is 244. The second-order valence-corrected chi connectivity index (χ2v) is 3.07. The second-order valence-electron chi connectivity index (χ2n) is 3.07. The van der Waals surface area contributed by atoms with Gasteiger partial charge in [0.05, 0.1) is 0 Å². The molecule has 74 valence electrons. The first-order valence-corrected chi connectivity index (χ1v) is 3.93. The molecule has 0 aromatic rings. The van der Waals surface area contributed by atoms with E-state index in [1.54, 1.807) is 11.9 Å². The fourth-order valence-corrected chi connectivity index (χ4v) is 1.27. The molecular weight excluding hydrogens is 183 g/mol. The third-order valence-corrected chi connectivity index (χ3v) is 1.88. The lowest BCUT2D eigenvalue weighted by molar-refractivity contribution is -0.166. The number of hydrogen-bond acceptors (Lipinski definition) is 2. The number of alkyl halides is 3. The van der Waals surface area contributed by atoms with Gasteiger partial charge in [-0.25, -0.2) is 0 Å². The molecule has 0 amide bonds. The Labute approximate surface area is 74.0 Å². The summed E-state index contributed by atoms with van der Waals surface area (Å²) in [5.41, 5.74) is -0.138. The SMILES string of the molecule is CN1C=C(C(=O)C(F)(F)F)CCC1. The van der Waals surface area contributed by atoms with Gasteiger partial charge in [0.2, 0.25) is 0 Å². The third kappa shape index (κ3) is 2.47. The fraction of sp³-hybridized carbons (Fsp3) is 0.625. The van der Waals surface area contributed by atoms with E-state index in [9.17, 15) is 18.0 Å². The molecule has 0 fully saturated rings. The van der Waals surface area contributed by atoms with Crippen LogP contribution in [0.3, 0.4) is 0 Å². The number of Topliss-reactive ketones (excluding diaryl/α,β-unsaturated/α-hetero) is 1. The van der Waals surface area contributed by atoms with E-state index in [2.05, 4.69) is 0 Å². The van der Waals surface area contributed by atoms with Gasteiger partial charge in [0.25, 0.3) is 5.78 Å². The Morgan fingerprint density at radius 3 is 2.62 bits per heavy atom. The van der Waals surface area contributed by atoms with Crippen molar-refractivity contribution in [3.63, 3.8) is 0 Å². The van der Waals surface area contributed by atoms with Gasteiger partial charge in [0, 0.05) is 25.4 Å². The van der Waals surface area contributed by atoms with E-state index in [-0.39, 0.29) is 12.0 Å². The van der Waals surface area contributed by atoms with E-state index >= 15 is 0 Å². The van der Waals surface area contributed by atoms with Crippen molar-refractivity contribution < 1.29 is 18.0 Å². The highest BCUT2D eigenvalue weighted by molar-refractivity contribution is 5.99. The van der Waals surface area contributed by atoms with E-state index in [1.807, 2.05) is 0 Å². The first kappa shape index (κ1) is 10.1. The molecule has 1 heterocycles. The highest BCUT2D eigenvalue weighted by atomic mass is 19.4. The minimum atomic E-state index is -4.73. The van der Waals surface area contributed by atoms with Crippen LogP contribution in [0.1, 0.15) is 12.8 Å². The Balaban J connectivity index is 2.77. The Kier molecular flexibility index (Phi) is 2.63. The maximum atomic E-state index is 12.0. The highest BCUT2D eigenvalue weighted by Crippen LogP contribution is 2.25. The zero-order valence-electron chi connectivity index (χ0n) is 7.19. The van der Waals surface area contributed by atoms with Gasteiger partial charge >= 0.3 is 6.18 Å². The first-order chi connectivity index (χ1) is 5.91. The molecule has 0 N–H and O–H groups in total. The van der Waals surface area contributed by atoms with Crippen molar-refractivity contribution in [2.75, 3.05) is 13.6 Å². The number of halogens is 3. The molecule has 0 radical (unpaired) electrons. The average molecular weight is 193 g/mol. The van der Waals surface area contributed by atoms with Gasteiger partial charge in [-0.1, -0.05) is 0 Å². The molecule has 0 aromatic carbocycles. The number of ketones is 1. The number of carbonyl (C=O) groups is 1. The third-order valence-electron chi connectivity index (χ3n) is 1.88. The van der Waals surface area contributed by atoms with Crippen LogP contribution in [0.2, 0.25) is 0 Å². The van der Waals surface area contributed by atoms with Crippen molar-refractivity contribution in [2.24, 2.45) is 0 Å². The lowest BCUT2D eigenvalue weighted by Crippen LogP contribution is -2.29. The van der Waals surface area contributed by atoms with Crippen molar-refractivity contribution in [3.8, 4) is 0 Å². The first-order valence-electron chi connectivity index (χ1n) is 3.93. The summed E-state index contributed by atoms with van der Waals surface area (Å²) in [5.74, 6) is -1.71. The number of nitrogens with zero attached hydrogens (tertiary/aromatic N) is 1. The number of allylic oxidation sites excluding steroid dienone is 1. The Morgan fingerprint density at radius 1 is 1.54 bits per heavy atom. The maximum absolute atomic E-state index is 12.0. The standard InChI is InChI=1S/C8H10F3NO/c1-12-4-2-3-6(5-12)7(13)8(9,10)11/h5H,2-4H2,1H3. The summed E-state index contributed by atoms with van der Waals surface area (Å²) in [5, 5.41) is 0. The quantitative estimate of drug-likeness (QED) is 0.632. The van der Waals surface area contributed by atoms with Gasteiger partial charge in [-0.15, -0.1) is 0 Å². The zero-order chi connectivity index (χ0) is 10.1. The Hall–Kier alpha value is -1.00. The molecule has 0 saturated heterocycles. The van der Waals surface area contributed by atoms with E-state index in [0.717, 1.165) is 0 Å². The van der Waals surface area contributed by atoms with Gasteiger partial charge in [0.15, 0.2) is 0 Å². The molecule has 0 unspecified atom stereocenters. The zero-order valence-corrected chi connectivity index (χ0v) is 7.19. The summed E-state index contributed by atoms with van der Waals surface area (Å²) in [7, 11) is 1.66. The van der Waals surface area contributed by atoms with Crippen LogP contribution >= 0.6 is 0 Å². The summed E-state index contributed by atoms with van der Waals surface area (Å²) >= 11 is 0. The molecule has 5 heteroatoms. The number of hydrogen-bond donors (Lipinski definition) is 0. The minimum absolute atomic E-state index is 0.138. The molecule has 1 aliphatic heterocycles. The largest absolute Gasteiger partial charge is 0.454 e. The van der Waals surface area contributed by atoms with E-state index in [0.29, 0.717) is 13.0 Å². The minimum Gasteiger partial charge on any atom is -0.380 e. The van der Waals surface area contributed by atoms with Crippen LogP contribution in [0, 0.1) is 0 Å². The molecule has 1 aliphatic rings. The number of rotatable bonds is 1. The van der Waals surface area contributed by atoms with Crippen LogP contribution in [0.4, 0.5) is 13.2 Å². The summed E-state index contributed by atoms with van der Waals surface area (Å²) in [6, 6.07) is 0. The summed E-state index contributed by atoms with van der Waals surface area (Å²) < 4.78 is 35.9. The second kappa shape index (κ2) is 3.40. The van der Waals surface area contributed by atoms with Crippen molar-refractivity contribution in [1.29, 1.82) is 0 Å². The highest BCUT2D eigenvalue weighted by Gasteiger charge is 2.40. The molecule has 0 saturated carbocycles. The van der Waals surface area contributed by atoms with E-state index in [4.69, 9.17) is 0 Å². The average Bonchev–Trinajstić information content (AvgIpc) is 2.01. The van der Waals surface area contributed by atoms with Gasteiger partial charge in [-0.05, 0) is 12.8 Å². The monoisotopic (exact) mass is 193 g/mol. The van der Waals surface area contributed by atoms with Crippen molar-refractivity contribution >= 4 is 5.78 Å². The molecule has 2 nitrogen and oxygen atoms in total. The molecule has 0 atom stereocenters. The predicted molar refractivity (Wildman–Crippen MR) is 41.0 cm³/mol. The fourth-order valence-electron chi connectivity index (χ4n) is 1.27. The van der Waals surface area contributed by atoms with Crippen LogP contribution in [0.25, 0.3) is 0 Å². The summed E-state index contributed by atoms with van der Waals surface area (Å²) in [4.78, 5) is 12.3. The van der Waals surface area contributed by atoms with Crippen LogP contribution in [0.5, 0.6) is 0 Å². The Morgan fingerprint density at radius 2 is 2.15 bits per heavy atom. The van der Waals surface area contributed by atoms with Gasteiger partial charge in [-0.3, -0.25) is 4.79 Å². The van der Waals surface area contributed by atoms with Crippen LogP contribution < -0.4 is 0 Å². The van der Waals surface area contributed by atoms with Crippen molar-refractivity contribution in [3.05, 3.63) is 11.8 Å². The molecule has 0 aliphatic carbocycles. The van der Waals surface area contributed by atoms with Gasteiger partial charge in [0.1, 0.15) is 0 Å². The molecule has 13 heavy (non-hydrogen) atoms. The topological polar surface area (TPSA) is 20.3 Å². The summed E-state index contributed by atoms with van der Waals surface area (Å²) in [6.07, 6.45) is -2.63. The van der Waals surface area contributed by atoms with Gasteiger partial charge < -0.3 is 4.90 Å². The maximum Gasteiger partial charge on any atom is 0.454 e. The molecule has 0 spiro atoms. The van der Waals surface area contributed by atoms with Crippen molar-refractivity contribution in [2.45, 2.75) is 19.0 Å². The molecule has 0 aromatic heterocycles. The lowest BCUT2D eigenvalue weighted by Gasteiger charge is -2.22. The number of carbonyl (C=O) groups excluding carboxylic acids is 1. The van der Waals surface area contributed by atoms with Crippen LogP contribution in [0.15, 0.2) is 11.8 Å². The normalized spacial score (nSPS) is 18.5. The predicted octanol–water partition coefficient (Wildman–Crippen LogP) is 1.73.